The fraction of sp³-hybridized carbons (Fsp3) is 0.105. The van der Waals surface area contributed by atoms with Crippen molar-refractivity contribution in [3.05, 3.63) is 71.8 Å². The summed E-state index contributed by atoms with van der Waals surface area (Å²) in [6, 6.07) is 11.4. The van der Waals surface area contributed by atoms with Gasteiger partial charge >= 0.3 is 0 Å². The number of H-pyrrole nitrogens is 1. The van der Waals surface area contributed by atoms with Crippen LogP contribution >= 0.6 is 23.2 Å². The number of hydrogen-bond donors (Lipinski definition) is 1. The molecule has 3 nitrogen and oxygen atoms in total. The maximum atomic E-state index is 6.23. The lowest BCUT2D eigenvalue weighted by molar-refractivity contribution is 0.957. The van der Waals surface area contributed by atoms with Crippen LogP contribution in [0.4, 0.5) is 5.69 Å². The molecule has 0 saturated carbocycles. The van der Waals surface area contributed by atoms with E-state index in [9.17, 15) is 0 Å². The number of fused-ring (bicyclic) bond motifs is 1. The Labute approximate surface area is 151 Å². The van der Waals surface area contributed by atoms with Crippen molar-refractivity contribution in [3.8, 4) is 11.4 Å². The average molecular weight is 358 g/mol. The summed E-state index contributed by atoms with van der Waals surface area (Å²) in [5, 5.41) is 1.33. The van der Waals surface area contributed by atoms with Crippen molar-refractivity contribution in [1.82, 2.24) is 9.97 Å². The number of halogens is 2. The summed E-state index contributed by atoms with van der Waals surface area (Å²) < 4.78 is 0. The van der Waals surface area contributed by atoms with E-state index >= 15 is 0 Å². The Morgan fingerprint density at radius 1 is 1.00 bits per heavy atom. The fourth-order valence-electron chi connectivity index (χ4n) is 2.67. The molecular formula is C19H17Cl2N3. The molecule has 0 saturated heterocycles. The van der Waals surface area contributed by atoms with Gasteiger partial charge in [-0.3, -0.25) is 0 Å². The third-order valence-electron chi connectivity index (χ3n) is 3.70. The summed E-state index contributed by atoms with van der Waals surface area (Å²) in [6.45, 7) is 9.07. The Morgan fingerprint density at radius 2 is 1.67 bits per heavy atom. The predicted octanol–water partition coefficient (Wildman–Crippen LogP) is 5.72. The normalized spacial score (nSPS) is 10.8. The van der Waals surface area contributed by atoms with Crippen LogP contribution in [0.2, 0.25) is 10.0 Å². The van der Waals surface area contributed by atoms with Crippen LogP contribution < -0.4 is 4.90 Å². The van der Waals surface area contributed by atoms with Gasteiger partial charge in [0.05, 0.1) is 11.0 Å². The van der Waals surface area contributed by atoms with E-state index in [1.807, 2.05) is 48.6 Å². The van der Waals surface area contributed by atoms with Crippen molar-refractivity contribution < 1.29 is 0 Å². The number of nitrogens with zero attached hydrogens (tertiary/aromatic N) is 2. The second kappa shape index (κ2) is 7.12. The summed E-state index contributed by atoms with van der Waals surface area (Å²) in [5.74, 6) is 0.753. The lowest BCUT2D eigenvalue weighted by atomic mass is 10.1. The molecule has 0 spiro atoms. The molecule has 3 rings (SSSR count). The lowest BCUT2D eigenvalue weighted by Crippen LogP contribution is -2.23. The van der Waals surface area contributed by atoms with Gasteiger partial charge in [-0.2, -0.15) is 0 Å². The predicted molar refractivity (Wildman–Crippen MR) is 104 cm³/mol. The van der Waals surface area contributed by atoms with Crippen molar-refractivity contribution in [3.63, 3.8) is 0 Å². The summed E-state index contributed by atoms with van der Waals surface area (Å²) in [5.41, 5.74) is 3.70. The summed E-state index contributed by atoms with van der Waals surface area (Å²) in [6.07, 6.45) is 3.72. The lowest BCUT2D eigenvalue weighted by Gasteiger charge is -2.24. The molecule has 1 heterocycles. The highest BCUT2D eigenvalue weighted by Crippen LogP contribution is 2.33. The van der Waals surface area contributed by atoms with Gasteiger partial charge in [0.2, 0.25) is 0 Å². The molecule has 0 atom stereocenters. The molecule has 24 heavy (non-hydrogen) atoms. The molecule has 3 aromatic rings. The van der Waals surface area contributed by atoms with Crippen LogP contribution in [-0.4, -0.2) is 23.1 Å². The Hall–Kier alpha value is -2.23. The second-order valence-corrected chi connectivity index (χ2v) is 6.26. The van der Waals surface area contributed by atoms with Gasteiger partial charge < -0.3 is 9.88 Å². The van der Waals surface area contributed by atoms with E-state index in [1.165, 1.54) is 0 Å². The Morgan fingerprint density at radius 3 is 2.38 bits per heavy atom. The quantitative estimate of drug-likeness (QED) is 0.572. The Kier molecular flexibility index (Phi) is 4.93. The van der Waals surface area contributed by atoms with Gasteiger partial charge in [0.15, 0.2) is 0 Å². The number of rotatable bonds is 6. The van der Waals surface area contributed by atoms with Gasteiger partial charge in [0.25, 0.3) is 0 Å². The standard InChI is InChI=1S/C19H17Cl2N3/c1-3-9-24(10-4-2)18-8-6-13(20)11-15(18)19-22-16-7-5-14(21)12-17(16)23-19/h3-8,11-12H,1-2,9-10H2,(H,22,23). The van der Waals surface area contributed by atoms with Crippen molar-refractivity contribution in [2.45, 2.75) is 0 Å². The summed E-state index contributed by atoms with van der Waals surface area (Å²) in [7, 11) is 0. The molecule has 0 amide bonds. The van der Waals surface area contributed by atoms with Gasteiger partial charge in [-0.1, -0.05) is 35.4 Å². The summed E-state index contributed by atoms with van der Waals surface area (Å²) in [4.78, 5) is 10.2. The average Bonchev–Trinajstić information content (AvgIpc) is 2.97. The highest BCUT2D eigenvalue weighted by Gasteiger charge is 2.15. The molecule has 1 aromatic heterocycles. The van der Waals surface area contributed by atoms with Gasteiger partial charge in [-0.05, 0) is 36.4 Å². The number of hydrogen-bond acceptors (Lipinski definition) is 2. The van der Waals surface area contributed by atoms with E-state index in [0.717, 1.165) is 28.1 Å². The van der Waals surface area contributed by atoms with Crippen molar-refractivity contribution in [1.29, 1.82) is 0 Å². The first-order valence-electron chi connectivity index (χ1n) is 7.54. The van der Waals surface area contributed by atoms with Crippen LogP contribution in [0.1, 0.15) is 0 Å². The van der Waals surface area contributed by atoms with Crippen molar-refractivity contribution in [2.24, 2.45) is 0 Å². The Balaban J connectivity index is 2.15. The first-order valence-corrected chi connectivity index (χ1v) is 8.30. The zero-order chi connectivity index (χ0) is 17.1. The molecule has 0 bridgehead atoms. The summed E-state index contributed by atoms with van der Waals surface area (Å²) >= 11 is 12.3. The number of anilines is 1. The van der Waals surface area contributed by atoms with Crippen LogP contribution in [0.25, 0.3) is 22.4 Å². The molecule has 1 N–H and O–H groups in total. The van der Waals surface area contributed by atoms with E-state index in [1.54, 1.807) is 0 Å². The maximum Gasteiger partial charge on any atom is 0.140 e. The zero-order valence-corrected chi connectivity index (χ0v) is 14.6. The number of benzene rings is 2. The Bertz CT molecular complexity index is 889. The molecule has 0 aliphatic heterocycles. The molecule has 0 radical (unpaired) electrons. The van der Waals surface area contributed by atoms with Crippen LogP contribution in [0.5, 0.6) is 0 Å². The minimum absolute atomic E-state index is 0.657. The van der Waals surface area contributed by atoms with E-state index in [0.29, 0.717) is 23.1 Å². The van der Waals surface area contributed by atoms with Gasteiger partial charge in [-0.25, -0.2) is 4.98 Å². The molecule has 0 aliphatic rings. The SMILES string of the molecule is C=CCN(CC=C)c1ccc(Cl)cc1-c1nc2ccc(Cl)cc2[nH]1. The monoisotopic (exact) mass is 357 g/mol. The van der Waals surface area contributed by atoms with E-state index < -0.39 is 0 Å². The third kappa shape index (κ3) is 3.32. The van der Waals surface area contributed by atoms with Crippen LogP contribution in [0.3, 0.4) is 0 Å². The third-order valence-corrected chi connectivity index (χ3v) is 4.17. The fourth-order valence-corrected chi connectivity index (χ4v) is 3.01. The minimum Gasteiger partial charge on any atom is -0.364 e. The van der Waals surface area contributed by atoms with Gasteiger partial charge in [0, 0.05) is 34.4 Å². The van der Waals surface area contributed by atoms with Gasteiger partial charge in [-0.15, -0.1) is 13.2 Å². The van der Waals surface area contributed by atoms with E-state index in [2.05, 4.69) is 28.0 Å². The minimum atomic E-state index is 0.657. The first-order chi connectivity index (χ1) is 11.6. The number of aromatic amines is 1. The van der Waals surface area contributed by atoms with Crippen molar-refractivity contribution in [2.75, 3.05) is 18.0 Å². The molecule has 122 valence electrons. The zero-order valence-electron chi connectivity index (χ0n) is 13.1. The van der Waals surface area contributed by atoms with Crippen molar-refractivity contribution >= 4 is 39.9 Å². The van der Waals surface area contributed by atoms with Crippen LogP contribution in [0.15, 0.2) is 61.7 Å². The number of nitrogens with one attached hydrogen (secondary N) is 1. The van der Waals surface area contributed by atoms with Crippen LogP contribution in [-0.2, 0) is 0 Å². The first kappa shape index (κ1) is 16.6. The topological polar surface area (TPSA) is 31.9 Å². The molecule has 2 aromatic carbocycles. The molecule has 0 aliphatic carbocycles. The highest BCUT2D eigenvalue weighted by atomic mass is 35.5. The maximum absolute atomic E-state index is 6.23. The molecule has 0 unspecified atom stereocenters. The molecule has 5 heteroatoms. The molecule has 0 fully saturated rings. The van der Waals surface area contributed by atoms with E-state index in [-0.39, 0.29) is 0 Å². The number of imidazole rings is 1. The van der Waals surface area contributed by atoms with Gasteiger partial charge in [0.1, 0.15) is 5.82 Å². The second-order valence-electron chi connectivity index (χ2n) is 5.39. The molecular weight excluding hydrogens is 341 g/mol. The van der Waals surface area contributed by atoms with E-state index in [4.69, 9.17) is 23.2 Å². The van der Waals surface area contributed by atoms with Crippen LogP contribution in [0, 0.1) is 0 Å². The number of aromatic nitrogens is 2. The largest absolute Gasteiger partial charge is 0.364 e. The smallest absolute Gasteiger partial charge is 0.140 e. The highest BCUT2D eigenvalue weighted by molar-refractivity contribution is 6.31.